The first kappa shape index (κ1) is 19.6. The quantitative estimate of drug-likeness (QED) is 0.763. The van der Waals surface area contributed by atoms with Gasteiger partial charge in [0.1, 0.15) is 6.04 Å². The Morgan fingerprint density at radius 2 is 1.52 bits per heavy atom. The van der Waals surface area contributed by atoms with Crippen LogP contribution in [0.2, 0.25) is 0 Å². The number of nitrogens with zero attached hydrogens (tertiary/aromatic N) is 1. The summed E-state index contributed by atoms with van der Waals surface area (Å²) in [6.45, 7) is 10.9. The molecule has 1 aliphatic rings. The van der Waals surface area contributed by atoms with Crippen molar-refractivity contribution in [2.24, 2.45) is 11.8 Å². The molecule has 0 aliphatic carbocycles. The zero-order valence-corrected chi connectivity index (χ0v) is 17.0. The molecule has 1 N–H and O–H groups in total. The van der Waals surface area contributed by atoms with Gasteiger partial charge in [0.2, 0.25) is 5.91 Å². The summed E-state index contributed by atoms with van der Waals surface area (Å²) in [6.07, 6.45) is 1.23. The fourth-order valence-electron chi connectivity index (χ4n) is 4.25. The van der Waals surface area contributed by atoms with E-state index in [4.69, 9.17) is 0 Å². The fraction of sp³-hybridized carbons (Fsp3) is 0.458. The third-order valence-electron chi connectivity index (χ3n) is 5.47. The standard InChI is InChI=1S/C24H32N2O/c1-17(2)20-10-12-22(13-11-20)25-24(27)23(21-8-6-5-7-9-21)26-15-18(3)14-19(4)16-26/h5-13,17-19,23H,14-16H2,1-4H3,(H,25,27). The first-order valence-electron chi connectivity index (χ1n) is 10.1. The number of carbonyl (C=O) groups excluding carboxylic acids is 1. The lowest BCUT2D eigenvalue weighted by Gasteiger charge is -2.39. The number of rotatable bonds is 5. The predicted molar refractivity (Wildman–Crippen MR) is 113 cm³/mol. The number of benzene rings is 2. The van der Waals surface area contributed by atoms with Gasteiger partial charge in [-0.15, -0.1) is 0 Å². The van der Waals surface area contributed by atoms with Crippen molar-refractivity contribution in [3.8, 4) is 0 Å². The van der Waals surface area contributed by atoms with Gasteiger partial charge in [-0.3, -0.25) is 9.69 Å². The van der Waals surface area contributed by atoms with Gasteiger partial charge in [-0.05, 0) is 47.4 Å². The summed E-state index contributed by atoms with van der Waals surface area (Å²) < 4.78 is 0. The molecule has 3 heteroatoms. The van der Waals surface area contributed by atoms with Crippen molar-refractivity contribution in [2.75, 3.05) is 18.4 Å². The summed E-state index contributed by atoms with van der Waals surface area (Å²) in [5, 5.41) is 3.15. The predicted octanol–water partition coefficient (Wildman–Crippen LogP) is 5.47. The van der Waals surface area contributed by atoms with Crippen molar-refractivity contribution in [1.29, 1.82) is 0 Å². The van der Waals surface area contributed by atoms with Crippen molar-refractivity contribution in [3.05, 3.63) is 65.7 Å². The molecule has 1 aliphatic heterocycles. The molecule has 1 fully saturated rings. The Hall–Kier alpha value is -2.13. The van der Waals surface area contributed by atoms with Gasteiger partial charge >= 0.3 is 0 Å². The second kappa shape index (κ2) is 8.71. The first-order valence-corrected chi connectivity index (χ1v) is 10.1. The second-order valence-corrected chi connectivity index (χ2v) is 8.48. The molecule has 0 radical (unpaired) electrons. The highest BCUT2D eigenvalue weighted by molar-refractivity contribution is 5.95. The first-order chi connectivity index (χ1) is 12.9. The van der Waals surface area contributed by atoms with Crippen molar-refractivity contribution in [3.63, 3.8) is 0 Å². The van der Waals surface area contributed by atoms with E-state index in [9.17, 15) is 4.79 Å². The third kappa shape index (κ3) is 4.98. The Morgan fingerprint density at radius 1 is 0.926 bits per heavy atom. The lowest BCUT2D eigenvalue weighted by molar-refractivity contribution is -0.122. The minimum Gasteiger partial charge on any atom is -0.324 e. The molecule has 3 nitrogen and oxygen atoms in total. The van der Waals surface area contributed by atoms with Crippen LogP contribution >= 0.6 is 0 Å². The number of anilines is 1. The largest absolute Gasteiger partial charge is 0.324 e. The van der Waals surface area contributed by atoms with Crippen molar-refractivity contribution >= 4 is 11.6 Å². The summed E-state index contributed by atoms with van der Waals surface area (Å²) >= 11 is 0. The number of piperidine rings is 1. The number of likely N-dealkylation sites (tertiary alicyclic amines) is 1. The number of hydrogen-bond donors (Lipinski definition) is 1. The topological polar surface area (TPSA) is 32.3 Å². The third-order valence-corrected chi connectivity index (χ3v) is 5.47. The van der Waals surface area contributed by atoms with Gasteiger partial charge < -0.3 is 5.32 Å². The van der Waals surface area contributed by atoms with E-state index >= 15 is 0 Å². The number of nitrogens with one attached hydrogen (secondary N) is 1. The maximum absolute atomic E-state index is 13.3. The molecular formula is C24H32N2O. The van der Waals surface area contributed by atoms with Crippen LogP contribution in [0.25, 0.3) is 0 Å². The lowest BCUT2D eigenvalue weighted by atomic mass is 9.89. The summed E-state index contributed by atoms with van der Waals surface area (Å²) in [5.41, 5.74) is 3.21. The minimum atomic E-state index is -0.249. The average Bonchev–Trinajstić information content (AvgIpc) is 2.62. The molecule has 3 rings (SSSR count). The molecule has 2 aromatic carbocycles. The number of amides is 1. The van der Waals surface area contributed by atoms with E-state index in [1.165, 1.54) is 12.0 Å². The van der Waals surface area contributed by atoms with Crippen LogP contribution in [-0.2, 0) is 4.79 Å². The van der Waals surface area contributed by atoms with Gasteiger partial charge in [-0.1, -0.05) is 70.2 Å². The Kier molecular flexibility index (Phi) is 6.33. The highest BCUT2D eigenvalue weighted by atomic mass is 16.2. The fourth-order valence-corrected chi connectivity index (χ4v) is 4.25. The van der Waals surface area contributed by atoms with Gasteiger partial charge in [0, 0.05) is 18.8 Å². The molecule has 0 spiro atoms. The Bertz CT molecular complexity index is 729. The summed E-state index contributed by atoms with van der Waals surface area (Å²) in [5.74, 6) is 1.76. The van der Waals surface area contributed by atoms with E-state index in [2.05, 4.69) is 62.2 Å². The highest BCUT2D eigenvalue weighted by Gasteiger charge is 2.32. The van der Waals surface area contributed by atoms with Crippen LogP contribution in [0.3, 0.4) is 0 Å². The van der Waals surface area contributed by atoms with E-state index in [0.717, 1.165) is 24.3 Å². The van der Waals surface area contributed by atoms with Gasteiger partial charge in [0.25, 0.3) is 0 Å². The monoisotopic (exact) mass is 364 g/mol. The molecule has 1 heterocycles. The van der Waals surface area contributed by atoms with Gasteiger partial charge in [-0.25, -0.2) is 0 Å². The molecule has 0 bridgehead atoms. The summed E-state index contributed by atoms with van der Waals surface area (Å²) in [6, 6.07) is 18.1. The van der Waals surface area contributed by atoms with Gasteiger partial charge in [0.15, 0.2) is 0 Å². The highest BCUT2D eigenvalue weighted by Crippen LogP contribution is 2.30. The van der Waals surface area contributed by atoms with Crippen molar-refractivity contribution < 1.29 is 4.79 Å². The number of hydrogen-bond acceptors (Lipinski definition) is 2. The maximum Gasteiger partial charge on any atom is 0.246 e. The van der Waals surface area contributed by atoms with Crippen LogP contribution < -0.4 is 5.32 Å². The Labute approximate surface area is 163 Å². The van der Waals surface area contributed by atoms with E-state index in [1.807, 2.05) is 30.3 Å². The SMILES string of the molecule is CC1CC(C)CN(C(C(=O)Nc2ccc(C(C)C)cc2)c2ccccc2)C1. The molecule has 3 atom stereocenters. The van der Waals surface area contributed by atoms with Crippen LogP contribution in [0.15, 0.2) is 54.6 Å². The Balaban J connectivity index is 1.82. The minimum absolute atomic E-state index is 0.0554. The van der Waals surface area contributed by atoms with E-state index < -0.39 is 0 Å². The second-order valence-electron chi connectivity index (χ2n) is 8.48. The van der Waals surface area contributed by atoms with Crippen molar-refractivity contribution in [1.82, 2.24) is 4.90 Å². The van der Waals surface area contributed by atoms with Crippen LogP contribution in [0.5, 0.6) is 0 Å². The van der Waals surface area contributed by atoms with E-state index in [1.54, 1.807) is 0 Å². The van der Waals surface area contributed by atoms with Crippen LogP contribution in [0, 0.1) is 11.8 Å². The number of carbonyl (C=O) groups is 1. The normalized spacial score (nSPS) is 21.8. The molecular weight excluding hydrogens is 332 g/mol. The summed E-state index contributed by atoms with van der Waals surface area (Å²) in [4.78, 5) is 15.6. The zero-order valence-electron chi connectivity index (χ0n) is 17.0. The Morgan fingerprint density at radius 3 is 2.07 bits per heavy atom. The molecule has 0 saturated carbocycles. The smallest absolute Gasteiger partial charge is 0.246 e. The molecule has 1 saturated heterocycles. The molecule has 2 aromatic rings. The van der Waals surface area contributed by atoms with E-state index in [0.29, 0.717) is 17.8 Å². The lowest BCUT2D eigenvalue weighted by Crippen LogP contribution is -2.45. The molecule has 144 valence electrons. The van der Waals surface area contributed by atoms with Crippen LogP contribution in [0.1, 0.15) is 57.2 Å². The zero-order chi connectivity index (χ0) is 19.4. The van der Waals surface area contributed by atoms with Crippen LogP contribution in [0.4, 0.5) is 5.69 Å². The molecule has 27 heavy (non-hydrogen) atoms. The molecule has 0 aromatic heterocycles. The van der Waals surface area contributed by atoms with Crippen LogP contribution in [-0.4, -0.2) is 23.9 Å². The molecule has 1 amide bonds. The van der Waals surface area contributed by atoms with Crippen molar-refractivity contribution in [2.45, 2.75) is 46.1 Å². The van der Waals surface area contributed by atoms with Gasteiger partial charge in [0.05, 0.1) is 0 Å². The average molecular weight is 365 g/mol. The maximum atomic E-state index is 13.3. The molecule has 3 unspecified atom stereocenters. The van der Waals surface area contributed by atoms with Gasteiger partial charge in [-0.2, -0.15) is 0 Å². The summed E-state index contributed by atoms with van der Waals surface area (Å²) in [7, 11) is 0. The van der Waals surface area contributed by atoms with E-state index in [-0.39, 0.29) is 11.9 Å².